The second-order valence-electron chi connectivity index (χ2n) is 3.60. The third-order valence-electron chi connectivity index (χ3n) is 2.06. The fourth-order valence-corrected chi connectivity index (χ4v) is 4.18. The summed E-state index contributed by atoms with van der Waals surface area (Å²) < 4.78 is 47.4. The van der Waals surface area contributed by atoms with Gasteiger partial charge in [-0.2, -0.15) is 0 Å². The molecule has 1 N–H and O–H groups in total. The van der Waals surface area contributed by atoms with E-state index in [0.29, 0.717) is 18.7 Å². The molecule has 0 aliphatic carbocycles. The lowest BCUT2D eigenvalue weighted by Crippen LogP contribution is -2.36. The van der Waals surface area contributed by atoms with Gasteiger partial charge in [0.15, 0.2) is 9.84 Å². The van der Waals surface area contributed by atoms with Gasteiger partial charge in [0.1, 0.15) is 0 Å². The monoisotopic (exact) mass is 287 g/mol. The van der Waals surface area contributed by atoms with Crippen molar-refractivity contribution in [1.82, 2.24) is 4.72 Å². The van der Waals surface area contributed by atoms with Crippen LogP contribution in [0.25, 0.3) is 0 Å². The smallest absolute Gasteiger partial charge is 0.212 e. The second kappa shape index (κ2) is 5.48. The van der Waals surface area contributed by atoms with Crippen LogP contribution >= 0.6 is 11.6 Å². The summed E-state index contributed by atoms with van der Waals surface area (Å²) in [5.41, 5.74) is 0. The number of hydrogen-bond donors (Lipinski definition) is 1. The summed E-state index contributed by atoms with van der Waals surface area (Å²) in [5, 5.41) is 1.04. The number of sulfone groups is 1. The van der Waals surface area contributed by atoms with Gasteiger partial charge in [0.25, 0.3) is 0 Å². The predicted octanol–water partition coefficient (Wildman–Crippen LogP) is 0.236. The summed E-state index contributed by atoms with van der Waals surface area (Å²) in [7, 11) is -6.63. The standard InChI is InChI=1S/C8H14ClNO4S2/c9-4-1-2-5-16(13,14)10-8-3-6-15(11,12)7-8/h3,6,8,10H,1-2,4-5,7H2. The zero-order valence-corrected chi connectivity index (χ0v) is 11.0. The molecule has 5 nitrogen and oxygen atoms in total. The molecule has 0 spiro atoms. The van der Waals surface area contributed by atoms with Crippen molar-refractivity contribution in [3.8, 4) is 0 Å². The maximum atomic E-state index is 11.5. The van der Waals surface area contributed by atoms with Gasteiger partial charge in [0, 0.05) is 11.3 Å². The lowest BCUT2D eigenvalue weighted by atomic mass is 10.4. The fourth-order valence-electron chi connectivity index (χ4n) is 1.33. The Labute approximate surface area is 101 Å². The predicted molar refractivity (Wildman–Crippen MR) is 63.6 cm³/mol. The van der Waals surface area contributed by atoms with E-state index in [2.05, 4.69) is 4.72 Å². The normalized spacial score (nSPS) is 23.7. The van der Waals surface area contributed by atoms with Crippen molar-refractivity contribution >= 4 is 31.5 Å². The number of alkyl halides is 1. The number of rotatable bonds is 6. The molecule has 1 aliphatic rings. The SMILES string of the molecule is O=S1(=O)C=CC(NS(=O)(=O)CCCCCl)C1. The van der Waals surface area contributed by atoms with Gasteiger partial charge in [-0.15, -0.1) is 11.6 Å². The van der Waals surface area contributed by atoms with Gasteiger partial charge in [-0.05, 0) is 12.8 Å². The van der Waals surface area contributed by atoms with E-state index >= 15 is 0 Å². The van der Waals surface area contributed by atoms with Crippen molar-refractivity contribution in [2.24, 2.45) is 0 Å². The van der Waals surface area contributed by atoms with E-state index in [0.717, 1.165) is 5.41 Å². The largest absolute Gasteiger partial charge is 0.224 e. The Morgan fingerprint density at radius 1 is 1.38 bits per heavy atom. The molecule has 0 aromatic heterocycles. The van der Waals surface area contributed by atoms with Gasteiger partial charge in [-0.3, -0.25) is 0 Å². The minimum absolute atomic E-state index is 0.0237. The average Bonchev–Trinajstić information content (AvgIpc) is 2.44. The first kappa shape index (κ1) is 14.0. The van der Waals surface area contributed by atoms with Gasteiger partial charge in [-0.25, -0.2) is 21.6 Å². The van der Waals surface area contributed by atoms with Crippen LogP contribution < -0.4 is 4.72 Å². The lowest BCUT2D eigenvalue weighted by Gasteiger charge is -2.10. The molecule has 0 saturated carbocycles. The third kappa shape index (κ3) is 4.82. The molecule has 1 heterocycles. The Bertz CT molecular complexity index is 454. The molecular weight excluding hydrogens is 274 g/mol. The van der Waals surface area contributed by atoms with Crippen LogP contribution in [-0.4, -0.2) is 40.3 Å². The van der Waals surface area contributed by atoms with E-state index in [1.54, 1.807) is 0 Å². The van der Waals surface area contributed by atoms with Crippen LogP contribution in [0.2, 0.25) is 0 Å². The van der Waals surface area contributed by atoms with Gasteiger partial charge in [0.2, 0.25) is 10.0 Å². The van der Waals surface area contributed by atoms with Crippen LogP contribution in [0.15, 0.2) is 11.5 Å². The number of halogens is 1. The summed E-state index contributed by atoms with van der Waals surface area (Å²) >= 11 is 5.43. The molecule has 0 radical (unpaired) electrons. The van der Waals surface area contributed by atoms with Crippen LogP contribution in [0.3, 0.4) is 0 Å². The number of unbranched alkanes of at least 4 members (excludes halogenated alkanes) is 1. The van der Waals surface area contributed by atoms with Gasteiger partial charge < -0.3 is 0 Å². The topological polar surface area (TPSA) is 80.3 Å². The van der Waals surface area contributed by atoms with E-state index in [-0.39, 0.29) is 11.5 Å². The van der Waals surface area contributed by atoms with Crippen LogP contribution in [0.4, 0.5) is 0 Å². The van der Waals surface area contributed by atoms with Crippen molar-refractivity contribution in [2.75, 3.05) is 17.4 Å². The van der Waals surface area contributed by atoms with Crippen molar-refractivity contribution < 1.29 is 16.8 Å². The molecule has 0 saturated heterocycles. The highest BCUT2D eigenvalue weighted by atomic mass is 35.5. The molecule has 16 heavy (non-hydrogen) atoms. The maximum Gasteiger partial charge on any atom is 0.212 e. The highest BCUT2D eigenvalue weighted by Crippen LogP contribution is 2.09. The number of hydrogen-bond acceptors (Lipinski definition) is 4. The summed E-state index contributed by atoms with van der Waals surface area (Å²) in [6.45, 7) is 0. The quantitative estimate of drug-likeness (QED) is 0.560. The average molecular weight is 288 g/mol. The summed E-state index contributed by atoms with van der Waals surface area (Å²) in [6.07, 6.45) is 2.46. The molecule has 0 aromatic rings. The van der Waals surface area contributed by atoms with Gasteiger partial charge in [0.05, 0.1) is 17.5 Å². The molecule has 1 rings (SSSR count). The minimum Gasteiger partial charge on any atom is -0.224 e. The van der Waals surface area contributed by atoms with E-state index in [9.17, 15) is 16.8 Å². The lowest BCUT2D eigenvalue weighted by molar-refractivity contribution is 0.572. The minimum atomic E-state index is -3.41. The molecule has 8 heteroatoms. The first-order valence-corrected chi connectivity index (χ1v) is 8.72. The summed E-state index contributed by atoms with van der Waals surface area (Å²) in [4.78, 5) is 0. The van der Waals surface area contributed by atoms with Crippen LogP contribution in [-0.2, 0) is 19.9 Å². The highest BCUT2D eigenvalue weighted by molar-refractivity contribution is 7.94. The Morgan fingerprint density at radius 2 is 2.06 bits per heavy atom. The molecule has 94 valence electrons. The number of sulfonamides is 1. The maximum absolute atomic E-state index is 11.5. The molecule has 0 fully saturated rings. The second-order valence-corrected chi connectivity index (χ2v) is 7.78. The van der Waals surface area contributed by atoms with Crippen LogP contribution in [0, 0.1) is 0 Å². The Morgan fingerprint density at radius 3 is 2.56 bits per heavy atom. The Kier molecular flexibility index (Phi) is 4.78. The Balaban J connectivity index is 2.46. The van der Waals surface area contributed by atoms with Crippen molar-refractivity contribution in [3.05, 3.63) is 11.5 Å². The van der Waals surface area contributed by atoms with E-state index in [1.165, 1.54) is 6.08 Å². The van der Waals surface area contributed by atoms with Gasteiger partial charge >= 0.3 is 0 Å². The zero-order chi connectivity index (χ0) is 12.2. The molecule has 1 unspecified atom stereocenters. The molecule has 0 bridgehead atoms. The summed E-state index contributed by atoms with van der Waals surface area (Å²) in [6, 6.07) is -0.633. The van der Waals surface area contributed by atoms with Gasteiger partial charge in [-0.1, -0.05) is 6.08 Å². The first-order chi connectivity index (χ1) is 7.35. The van der Waals surface area contributed by atoms with Crippen molar-refractivity contribution in [2.45, 2.75) is 18.9 Å². The van der Waals surface area contributed by atoms with Crippen molar-refractivity contribution in [1.29, 1.82) is 0 Å². The van der Waals surface area contributed by atoms with Crippen LogP contribution in [0.5, 0.6) is 0 Å². The highest BCUT2D eigenvalue weighted by Gasteiger charge is 2.25. The molecule has 1 aliphatic heterocycles. The fraction of sp³-hybridized carbons (Fsp3) is 0.750. The molecular formula is C8H14ClNO4S2. The van der Waals surface area contributed by atoms with Crippen LogP contribution in [0.1, 0.15) is 12.8 Å². The molecule has 0 aromatic carbocycles. The number of nitrogens with one attached hydrogen (secondary N) is 1. The third-order valence-corrected chi connectivity index (χ3v) is 5.21. The van der Waals surface area contributed by atoms with E-state index < -0.39 is 25.9 Å². The molecule has 1 atom stereocenters. The van der Waals surface area contributed by atoms with E-state index in [1.807, 2.05) is 0 Å². The van der Waals surface area contributed by atoms with E-state index in [4.69, 9.17) is 11.6 Å². The van der Waals surface area contributed by atoms with Crippen molar-refractivity contribution in [3.63, 3.8) is 0 Å². The zero-order valence-electron chi connectivity index (χ0n) is 8.60. The Hall–Kier alpha value is -0.110. The molecule has 0 amide bonds. The summed E-state index contributed by atoms with van der Waals surface area (Å²) in [5.74, 6) is 0.207. The first-order valence-electron chi connectivity index (χ1n) is 4.81.